The Morgan fingerprint density at radius 3 is 3.09 bits per heavy atom. The Balaban J connectivity index is 1.60. The molecule has 1 fully saturated rings. The van der Waals surface area contributed by atoms with Crippen molar-refractivity contribution in [1.29, 1.82) is 0 Å². The maximum absolute atomic E-state index is 13.3. The number of nitrogens with zero attached hydrogens (tertiary/aromatic N) is 1. The molecule has 1 unspecified atom stereocenters. The number of rotatable bonds is 3. The van der Waals surface area contributed by atoms with Crippen LogP contribution in [0.2, 0.25) is 5.02 Å². The van der Waals surface area contributed by atoms with Crippen molar-refractivity contribution in [2.45, 2.75) is 12.6 Å². The lowest BCUT2D eigenvalue weighted by atomic mass is 10.1. The van der Waals surface area contributed by atoms with Gasteiger partial charge in [0.25, 0.3) is 0 Å². The molecule has 1 atom stereocenters. The number of amides is 2. The van der Waals surface area contributed by atoms with Gasteiger partial charge in [-0.2, -0.15) is 11.3 Å². The molecule has 7 heteroatoms. The second-order valence-corrected chi connectivity index (χ2v) is 6.46. The lowest BCUT2D eigenvalue weighted by Crippen LogP contribution is -2.46. The lowest BCUT2D eigenvalue weighted by molar-refractivity contribution is -0.0155. The number of hydrogen-bond donors (Lipinski definition) is 1. The molecule has 2 aromatic rings. The summed E-state index contributed by atoms with van der Waals surface area (Å²) in [5.74, 6) is -0.461. The SMILES string of the molecule is O=C(NCc1ccsc1)N1CCOC(c2ccc(F)c(Cl)c2)C1. The van der Waals surface area contributed by atoms with Gasteiger partial charge in [-0.05, 0) is 40.1 Å². The number of thiophene rings is 1. The van der Waals surface area contributed by atoms with Crippen molar-refractivity contribution in [3.63, 3.8) is 0 Å². The maximum atomic E-state index is 13.3. The second kappa shape index (κ2) is 7.29. The van der Waals surface area contributed by atoms with Gasteiger partial charge in [0.2, 0.25) is 0 Å². The van der Waals surface area contributed by atoms with Gasteiger partial charge in [-0.15, -0.1) is 0 Å². The summed E-state index contributed by atoms with van der Waals surface area (Å²) < 4.78 is 18.9. The highest BCUT2D eigenvalue weighted by Crippen LogP contribution is 2.26. The fraction of sp³-hybridized carbons (Fsp3) is 0.312. The van der Waals surface area contributed by atoms with E-state index in [-0.39, 0.29) is 17.2 Å². The molecule has 122 valence electrons. The smallest absolute Gasteiger partial charge is 0.317 e. The molecule has 1 aromatic heterocycles. The van der Waals surface area contributed by atoms with Crippen LogP contribution >= 0.6 is 22.9 Å². The first kappa shape index (κ1) is 16.2. The van der Waals surface area contributed by atoms with Crippen LogP contribution in [0.15, 0.2) is 35.0 Å². The zero-order valence-corrected chi connectivity index (χ0v) is 13.9. The second-order valence-electron chi connectivity index (χ2n) is 5.27. The van der Waals surface area contributed by atoms with E-state index in [9.17, 15) is 9.18 Å². The summed E-state index contributed by atoms with van der Waals surface area (Å²) in [4.78, 5) is 14.0. The van der Waals surface area contributed by atoms with Crippen LogP contribution in [0.3, 0.4) is 0 Å². The number of ether oxygens (including phenoxy) is 1. The molecular weight excluding hydrogens is 339 g/mol. The molecule has 1 N–H and O–H groups in total. The Labute approximate surface area is 142 Å². The maximum Gasteiger partial charge on any atom is 0.317 e. The van der Waals surface area contributed by atoms with Crippen molar-refractivity contribution in [1.82, 2.24) is 10.2 Å². The van der Waals surface area contributed by atoms with E-state index in [2.05, 4.69) is 5.32 Å². The highest BCUT2D eigenvalue weighted by atomic mass is 35.5. The third kappa shape index (κ3) is 4.02. The number of nitrogens with one attached hydrogen (secondary N) is 1. The summed E-state index contributed by atoms with van der Waals surface area (Å²) in [5, 5.41) is 6.94. The zero-order valence-electron chi connectivity index (χ0n) is 12.3. The van der Waals surface area contributed by atoms with E-state index >= 15 is 0 Å². The quantitative estimate of drug-likeness (QED) is 0.910. The molecule has 1 saturated heterocycles. The summed E-state index contributed by atoms with van der Waals surface area (Å²) in [5.41, 5.74) is 1.85. The molecule has 1 aromatic carbocycles. The van der Waals surface area contributed by atoms with Crippen LogP contribution in [0.1, 0.15) is 17.2 Å². The summed E-state index contributed by atoms with van der Waals surface area (Å²) in [6, 6.07) is 6.36. The number of benzene rings is 1. The third-order valence-corrected chi connectivity index (χ3v) is 4.71. The lowest BCUT2D eigenvalue weighted by Gasteiger charge is -2.33. The molecule has 0 spiro atoms. The van der Waals surface area contributed by atoms with Crippen LogP contribution in [0.5, 0.6) is 0 Å². The van der Waals surface area contributed by atoms with Crippen molar-refractivity contribution >= 4 is 29.0 Å². The summed E-state index contributed by atoms with van der Waals surface area (Å²) in [6.45, 7) is 1.89. The molecule has 3 rings (SSSR count). The van der Waals surface area contributed by atoms with Gasteiger partial charge in [-0.1, -0.05) is 17.7 Å². The molecule has 4 nitrogen and oxygen atoms in total. The number of carbonyl (C=O) groups excluding carboxylic acids is 1. The van der Waals surface area contributed by atoms with E-state index in [4.69, 9.17) is 16.3 Å². The number of morpholine rings is 1. The Morgan fingerprint density at radius 2 is 2.35 bits per heavy atom. The molecule has 0 bridgehead atoms. The standard InChI is InChI=1S/C16H16ClFN2O2S/c17-13-7-12(1-2-14(13)18)15-9-20(4-5-22-15)16(21)19-8-11-3-6-23-10-11/h1-3,6-7,10,15H,4-5,8-9H2,(H,19,21). The van der Waals surface area contributed by atoms with Crippen LogP contribution in [0.4, 0.5) is 9.18 Å². The predicted molar refractivity (Wildman–Crippen MR) is 88.2 cm³/mol. The average molecular weight is 355 g/mol. The highest BCUT2D eigenvalue weighted by Gasteiger charge is 2.25. The van der Waals surface area contributed by atoms with Crippen LogP contribution in [-0.2, 0) is 11.3 Å². The Morgan fingerprint density at radius 1 is 1.48 bits per heavy atom. The first-order chi connectivity index (χ1) is 11.1. The molecule has 0 radical (unpaired) electrons. The van der Waals surface area contributed by atoms with Crippen molar-refractivity contribution in [2.75, 3.05) is 19.7 Å². The molecule has 1 aliphatic heterocycles. The fourth-order valence-corrected chi connectivity index (χ4v) is 3.29. The minimum absolute atomic E-state index is 0.0603. The minimum atomic E-state index is -0.461. The largest absolute Gasteiger partial charge is 0.370 e. The Kier molecular flexibility index (Phi) is 5.15. The van der Waals surface area contributed by atoms with E-state index < -0.39 is 5.82 Å². The van der Waals surface area contributed by atoms with Gasteiger partial charge in [0.1, 0.15) is 11.9 Å². The highest BCUT2D eigenvalue weighted by molar-refractivity contribution is 7.07. The van der Waals surface area contributed by atoms with Crippen LogP contribution in [0, 0.1) is 5.82 Å². The summed E-state index contributed by atoms with van der Waals surface area (Å²) >= 11 is 7.42. The predicted octanol–water partition coefficient (Wildman–Crippen LogP) is 3.82. The third-order valence-electron chi connectivity index (χ3n) is 3.69. The summed E-state index contributed by atoms with van der Waals surface area (Å²) in [7, 11) is 0. The van der Waals surface area contributed by atoms with Crippen LogP contribution < -0.4 is 5.32 Å². The molecule has 0 aliphatic carbocycles. The van der Waals surface area contributed by atoms with Crippen LogP contribution in [0.25, 0.3) is 0 Å². The molecule has 23 heavy (non-hydrogen) atoms. The van der Waals surface area contributed by atoms with Gasteiger partial charge in [-0.3, -0.25) is 0 Å². The number of halogens is 2. The minimum Gasteiger partial charge on any atom is -0.370 e. The van der Waals surface area contributed by atoms with Crippen LogP contribution in [-0.4, -0.2) is 30.6 Å². The Bertz CT molecular complexity index is 681. The van der Waals surface area contributed by atoms with E-state index in [1.165, 1.54) is 6.07 Å². The van der Waals surface area contributed by atoms with Crippen molar-refractivity contribution in [2.24, 2.45) is 0 Å². The number of urea groups is 1. The Hall–Kier alpha value is -1.63. The van der Waals surface area contributed by atoms with Gasteiger partial charge in [0.05, 0.1) is 18.2 Å². The average Bonchev–Trinajstić information content (AvgIpc) is 3.09. The van der Waals surface area contributed by atoms with Gasteiger partial charge in [0, 0.05) is 13.1 Å². The first-order valence-electron chi connectivity index (χ1n) is 7.24. The van der Waals surface area contributed by atoms with E-state index in [0.29, 0.717) is 26.2 Å². The zero-order chi connectivity index (χ0) is 16.2. The van der Waals surface area contributed by atoms with E-state index in [1.54, 1.807) is 28.4 Å². The topological polar surface area (TPSA) is 41.6 Å². The fourth-order valence-electron chi connectivity index (χ4n) is 2.43. The molecule has 2 heterocycles. The molecule has 2 amide bonds. The van der Waals surface area contributed by atoms with E-state index in [1.807, 2.05) is 16.8 Å². The van der Waals surface area contributed by atoms with Crippen molar-refractivity contribution < 1.29 is 13.9 Å². The molecular formula is C16H16ClFN2O2S. The van der Waals surface area contributed by atoms with Crippen molar-refractivity contribution in [3.05, 3.63) is 57.0 Å². The van der Waals surface area contributed by atoms with Gasteiger partial charge in [0.15, 0.2) is 0 Å². The first-order valence-corrected chi connectivity index (χ1v) is 8.56. The normalized spacial score (nSPS) is 18.0. The van der Waals surface area contributed by atoms with Gasteiger partial charge >= 0.3 is 6.03 Å². The number of hydrogen-bond acceptors (Lipinski definition) is 3. The van der Waals surface area contributed by atoms with Gasteiger partial charge in [-0.25, -0.2) is 9.18 Å². The summed E-state index contributed by atoms with van der Waals surface area (Å²) in [6.07, 6.45) is -0.297. The molecule has 0 saturated carbocycles. The van der Waals surface area contributed by atoms with E-state index in [0.717, 1.165) is 11.1 Å². The molecule has 1 aliphatic rings. The monoisotopic (exact) mass is 354 g/mol. The van der Waals surface area contributed by atoms with Gasteiger partial charge < -0.3 is 15.0 Å². The van der Waals surface area contributed by atoms with Crippen molar-refractivity contribution in [3.8, 4) is 0 Å². The number of carbonyl (C=O) groups is 1.